The minimum Gasteiger partial charge on any atom is -0.497 e. The number of nitrogens with one attached hydrogen (secondary N) is 1. The highest BCUT2D eigenvalue weighted by Crippen LogP contribution is 2.16. The normalized spacial score (nSPS) is 17.5. The molecule has 0 aromatic heterocycles. The lowest BCUT2D eigenvalue weighted by Gasteiger charge is -2.32. The fourth-order valence-corrected chi connectivity index (χ4v) is 2.77. The van der Waals surface area contributed by atoms with Gasteiger partial charge in [0, 0.05) is 19.2 Å². The molecule has 6 nitrogen and oxygen atoms in total. The maximum absolute atomic E-state index is 12.0. The van der Waals surface area contributed by atoms with E-state index in [1.54, 1.807) is 13.2 Å². The molecule has 2 rings (SSSR count). The van der Waals surface area contributed by atoms with Gasteiger partial charge in [-0.25, -0.2) is 0 Å². The molecular weight excluding hydrogens is 326 g/mol. The number of carbonyl (C=O) groups is 2. The molecule has 2 amide bonds. The number of rotatable bonds is 4. The summed E-state index contributed by atoms with van der Waals surface area (Å²) in [6.45, 7) is 1.17. The summed E-state index contributed by atoms with van der Waals surface area (Å²) in [5, 5.41) is 2.98. The van der Waals surface area contributed by atoms with E-state index in [1.807, 2.05) is 29.2 Å². The van der Waals surface area contributed by atoms with Crippen LogP contribution in [0.25, 0.3) is 6.08 Å². The van der Waals surface area contributed by atoms with E-state index < -0.39 is 0 Å². The second kappa shape index (κ2) is 8.44. The van der Waals surface area contributed by atoms with Crippen LogP contribution in [0.2, 0.25) is 0 Å². The third kappa shape index (κ3) is 5.06. The highest BCUT2D eigenvalue weighted by atomic mass is 32.1. The van der Waals surface area contributed by atoms with E-state index in [9.17, 15) is 9.59 Å². The number of nitrogens with two attached hydrogens (primary N) is 1. The number of benzene rings is 1. The van der Waals surface area contributed by atoms with Gasteiger partial charge in [-0.05, 0) is 48.8 Å². The smallest absolute Gasteiger partial charge is 0.250 e. The molecule has 1 aromatic rings. The average Bonchev–Trinajstić information content (AvgIpc) is 2.60. The summed E-state index contributed by atoms with van der Waals surface area (Å²) in [5.41, 5.74) is 6.23. The third-order valence-electron chi connectivity index (χ3n) is 3.88. The molecule has 24 heavy (non-hydrogen) atoms. The molecule has 0 aliphatic carbocycles. The number of methoxy groups -OCH3 is 1. The van der Waals surface area contributed by atoms with Crippen LogP contribution in [0.3, 0.4) is 0 Å². The first-order valence-corrected chi connectivity index (χ1v) is 8.11. The van der Waals surface area contributed by atoms with Crippen LogP contribution in [0, 0.1) is 5.92 Å². The summed E-state index contributed by atoms with van der Waals surface area (Å²) in [7, 11) is 1.60. The summed E-state index contributed by atoms with van der Waals surface area (Å²) in [5.74, 6) is -0.0967. The molecule has 0 bridgehead atoms. The Morgan fingerprint density at radius 1 is 1.38 bits per heavy atom. The molecule has 128 valence electrons. The zero-order valence-corrected chi connectivity index (χ0v) is 14.3. The largest absolute Gasteiger partial charge is 0.497 e. The van der Waals surface area contributed by atoms with Crippen LogP contribution in [0.5, 0.6) is 5.75 Å². The Balaban J connectivity index is 1.87. The molecule has 1 aliphatic heterocycles. The fourth-order valence-electron chi connectivity index (χ4n) is 2.51. The lowest BCUT2D eigenvalue weighted by atomic mass is 9.98. The van der Waals surface area contributed by atoms with Crippen molar-refractivity contribution in [3.05, 3.63) is 35.9 Å². The molecule has 0 unspecified atom stereocenters. The van der Waals surface area contributed by atoms with E-state index in [0.29, 0.717) is 18.2 Å². The van der Waals surface area contributed by atoms with Gasteiger partial charge >= 0.3 is 0 Å². The summed E-state index contributed by atoms with van der Waals surface area (Å²) in [6.07, 6.45) is 4.70. The summed E-state index contributed by atoms with van der Waals surface area (Å²) < 4.78 is 5.08. The van der Waals surface area contributed by atoms with Crippen molar-refractivity contribution in [2.24, 2.45) is 11.7 Å². The number of hydrogen-bond acceptors (Lipinski definition) is 4. The summed E-state index contributed by atoms with van der Waals surface area (Å²) in [6, 6.07) is 7.34. The highest BCUT2D eigenvalue weighted by molar-refractivity contribution is 7.80. The molecule has 3 N–H and O–H groups in total. The minimum atomic E-state index is -0.326. The number of piperidine rings is 1. The van der Waals surface area contributed by atoms with Crippen LogP contribution in [0.15, 0.2) is 30.3 Å². The molecule has 1 aromatic carbocycles. The molecule has 1 heterocycles. The van der Waals surface area contributed by atoms with Crippen molar-refractivity contribution in [1.82, 2.24) is 10.2 Å². The van der Waals surface area contributed by atoms with Gasteiger partial charge in [-0.15, -0.1) is 0 Å². The first kappa shape index (κ1) is 17.9. The predicted molar refractivity (Wildman–Crippen MR) is 96.3 cm³/mol. The van der Waals surface area contributed by atoms with Crippen molar-refractivity contribution < 1.29 is 14.3 Å². The van der Waals surface area contributed by atoms with Crippen molar-refractivity contribution in [3.63, 3.8) is 0 Å². The Hall–Kier alpha value is -2.41. The van der Waals surface area contributed by atoms with Gasteiger partial charge in [0.1, 0.15) is 5.75 Å². The molecule has 1 saturated heterocycles. The average molecular weight is 347 g/mol. The van der Waals surface area contributed by atoms with E-state index in [4.69, 9.17) is 22.7 Å². The Bertz CT molecular complexity index is 643. The zero-order valence-electron chi connectivity index (χ0n) is 13.5. The minimum absolute atomic E-state index is 0.219. The third-order valence-corrected chi connectivity index (χ3v) is 4.24. The Morgan fingerprint density at radius 2 is 2.08 bits per heavy atom. The number of ether oxygens (including phenoxy) is 1. The van der Waals surface area contributed by atoms with Gasteiger partial charge in [0.25, 0.3) is 0 Å². The van der Waals surface area contributed by atoms with Crippen LogP contribution in [0.1, 0.15) is 18.4 Å². The number of amides is 2. The molecule has 0 saturated carbocycles. The molecule has 0 spiro atoms. The lowest BCUT2D eigenvalue weighted by Crippen LogP contribution is -2.49. The van der Waals surface area contributed by atoms with Crippen molar-refractivity contribution in [1.29, 1.82) is 0 Å². The van der Waals surface area contributed by atoms with Gasteiger partial charge < -0.3 is 15.4 Å². The van der Waals surface area contributed by atoms with Crippen LogP contribution >= 0.6 is 12.2 Å². The van der Waals surface area contributed by atoms with Crippen LogP contribution in [0.4, 0.5) is 0 Å². The second-order valence-electron chi connectivity index (χ2n) is 5.59. The molecule has 1 atom stereocenters. The van der Waals surface area contributed by atoms with E-state index in [2.05, 4.69) is 5.32 Å². The van der Waals surface area contributed by atoms with Crippen molar-refractivity contribution >= 4 is 35.2 Å². The number of carbonyl (C=O) groups excluding carboxylic acids is 2. The number of nitrogens with zero attached hydrogens (tertiary/aromatic N) is 1. The van der Waals surface area contributed by atoms with Crippen molar-refractivity contribution in [2.75, 3.05) is 20.2 Å². The van der Waals surface area contributed by atoms with Gasteiger partial charge in [-0.2, -0.15) is 0 Å². The topological polar surface area (TPSA) is 84.7 Å². The Labute approximate surface area is 146 Å². The van der Waals surface area contributed by atoms with E-state index >= 15 is 0 Å². The van der Waals surface area contributed by atoms with Gasteiger partial charge in [-0.1, -0.05) is 12.1 Å². The molecule has 0 radical (unpaired) electrons. The van der Waals surface area contributed by atoms with Gasteiger partial charge in [0.2, 0.25) is 11.8 Å². The quantitative estimate of drug-likeness (QED) is 0.634. The lowest BCUT2D eigenvalue weighted by molar-refractivity contribution is -0.122. The van der Waals surface area contributed by atoms with E-state index in [0.717, 1.165) is 24.2 Å². The predicted octanol–water partition coefficient (Wildman–Crippen LogP) is 1.31. The maximum atomic E-state index is 12.0. The molecule has 7 heteroatoms. The molecule has 1 fully saturated rings. The highest BCUT2D eigenvalue weighted by Gasteiger charge is 2.25. The second-order valence-corrected chi connectivity index (χ2v) is 5.98. The van der Waals surface area contributed by atoms with Gasteiger partial charge in [-0.3, -0.25) is 14.9 Å². The number of hydrogen-bond donors (Lipinski definition) is 2. The van der Waals surface area contributed by atoms with E-state index in [1.165, 1.54) is 6.08 Å². The van der Waals surface area contributed by atoms with E-state index in [-0.39, 0.29) is 17.7 Å². The summed E-state index contributed by atoms with van der Waals surface area (Å²) in [4.78, 5) is 25.1. The van der Waals surface area contributed by atoms with Gasteiger partial charge in [0.05, 0.1) is 13.0 Å². The SMILES string of the molecule is COc1ccc(/C=C\C(=O)NC(=S)N2CCC[C@@H](C(N)=O)C2)cc1. The van der Waals surface area contributed by atoms with Gasteiger partial charge in [0.15, 0.2) is 5.11 Å². The maximum Gasteiger partial charge on any atom is 0.250 e. The van der Waals surface area contributed by atoms with Crippen LogP contribution in [-0.4, -0.2) is 42.0 Å². The van der Waals surface area contributed by atoms with Crippen LogP contribution < -0.4 is 15.8 Å². The molecular formula is C17H21N3O3S. The Morgan fingerprint density at radius 3 is 2.71 bits per heavy atom. The zero-order chi connectivity index (χ0) is 17.5. The number of likely N-dealkylation sites (tertiary alicyclic amines) is 1. The van der Waals surface area contributed by atoms with Crippen molar-refractivity contribution in [2.45, 2.75) is 12.8 Å². The van der Waals surface area contributed by atoms with Crippen LogP contribution in [-0.2, 0) is 9.59 Å². The Kier molecular flexibility index (Phi) is 6.31. The monoisotopic (exact) mass is 347 g/mol. The number of thiocarbonyl (C=S) groups is 1. The summed E-state index contributed by atoms with van der Waals surface area (Å²) >= 11 is 5.24. The first-order chi connectivity index (χ1) is 11.5. The number of primary amides is 1. The molecule has 1 aliphatic rings. The first-order valence-electron chi connectivity index (χ1n) is 7.71. The standard InChI is InChI=1S/C17H21N3O3S/c1-23-14-7-4-12(5-8-14)6-9-15(21)19-17(24)20-10-2-3-13(11-20)16(18)22/h4-9,13H,2-3,10-11H2,1H3,(H2,18,22)(H,19,21,24)/b9-6-/t13-/m1/s1. The fraction of sp³-hybridized carbons (Fsp3) is 0.353. The van der Waals surface area contributed by atoms with Crippen molar-refractivity contribution in [3.8, 4) is 5.75 Å².